The number of nitrogens with zero attached hydrogens (tertiary/aromatic N) is 2. The molecule has 3 aromatic rings. The van der Waals surface area contributed by atoms with Crippen LogP contribution in [0.25, 0.3) is 22.6 Å². The number of imidazole rings is 1. The van der Waals surface area contributed by atoms with Gasteiger partial charge in [0.25, 0.3) is 0 Å². The van der Waals surface area contributed by atoms with Gasteiger partial charge in [0.15, 0.2) is 11.4 Å². The van der Waals surface area contributed by atoms with E-state index in [-0.39, 0.29) is 0 Å². The predicted octanol–water partition coefficient (Wildman–Crippen LogP) is 2.87. The van der Waals surface area contributed by atoms with Gasteiger partial charge in [0.2, 0.25) is 0 Å². The van der Waals surface area contributed by atoms with Crippen LogP contribution in [0, 0.1) is 0 Å². The van der Waals surface area contributed by atoms with Crippen molar-refractivity contribution in [1.29, 1.82) is 0 Å². The quantitative estimate of drug-likeness (QED) is 0.705. The first-order valence-electron chi connectivity index (χ1n) is 5.63. The Balaban J connectivity index is 2.19. The highest BCUT2D eigenvalue weighted by Gasteiger charge is 2.13. The Morgan fingerprint density at radius 2 is 2.00 bits per heavy atom. The van der Waals surface area contributed by atoms with E-state index in [2.05, 4.69) is 15.0 Å². The zero-order valence-corrected chi connectivity index (χ0v) is 10.9. The predicted molar refractivity (Wildman–Crippen MR) is 75.3 cm³/mol. The van der Waals surface area contributed by atoms with Crippen LogP contribution in [0.1, 0.15) is 0 Å². The average Bonchev–Trinajstić information content (AvgIpc) is 2.83. The van der Waals surface area contributed by atoms with Crippen LogP contribution in [-0.2, 0) is 0 Å². The molecule has 0 atom stereocenters. The molecule has 0 saturated carbocycles. The van der Waals surface area contributed by atoms with E-state index in [1.165, 1.54) is 6.20 Å². The van der Waals surface area contributed by atoms with Gasteiger partial charge in [-0.3, -0.25) is 0 Å². The summed E-state index contributed by atoms with van der Waals surface area (Å²) >= 11 is 6.03. The van der Waals surface area contributed by atoms with Crippen LogP contribution in [0.3, 0.4) is 0 Å². The fourth-order valence-corrected chi connectivity index (χ4v) is 2.11. The van der Waals surface area contributed by atoms with Gasteiger partial charge in [-0.05, 0) is 24.3 Å². The van der Waals surface area contributed by atoms with Crippen molar-refractivity contribution in [3.63, 3.8) is 0 Å². The number of hydrogen-bond acceptors (Lipinski definition) is 4. The molecule has 96 valence electrons. The molecule has 6 heteroatoms. The Bertz CT molecular complexity index is 736. The number of ether oxygens (including phenoxy) is 1. The van der Waals surface area contributed by atoms with Gasteiger partial charge in [-0.1, -0.05) is 11.6 Å². The summed E-state index contributed by atoms with van der Waals surface area (Å²) in [6.07, 6.45) is 1.52. The van der Waals surface area contributed by atoms with Gasteiger partial charge in [-0.2, -0.15) is 0 Å². The van der Waals surface area contributed by atoms with Crippen molar-refractivity contribution in [2.75, 3.05) is 12.8 Å². The van der Waals surface area contributed by atoms with Crippen molar-refractivity contribution < 1.29 is 4.74 Å². The molecule has 0 radical (unpaired) electrons. The molecule has 3 rings (SSSR count). The first kappa shape index (κ1) is 11.8. The Labute approximate surface area is 114 Å². The number of nitrogens with two attached hydrogens (primary N) is 1. The van der Waals surface area contributed by atoms with Crippen LogP contribution in [0.15, 0.2) is 30.5 Å². The molecular formula is C13H11ClN4O. The van der Waals surface area contributed by atoms with E-state index in [4.69, 9.17) is 22.1 Å². The number of aromatic nitrogens is 3. The van der Waals surface area contributed by atoms with Crippen molar-refractivity contribution >= 4 is 28.5 Å². The van der Waals surface area contributed by atoms with Gasteiger partial charge in [0, 0.05) is 11.3 Å². The molecule has 0 spiro atoms. The molecule has 3 N–H and O–H groups in total. The molecule has 2 heterocycles. The summed E-state index contributed by atoms with van der Waals surface area (Å²) in [5, 5.41) is 0.447. The third-order valence-corrected chi connectivity index (χ3v) is 3.09. The molecule has 0 unspecified atom stereocenters. The Hall–Kier alpha value is -2.27. The molecule has 0 aliphatic rings. The maximum absolute atomic E-state index is 6.03. The fourth-order valence-electron chi connectivity index (χ4n) is 1.89. The topological polar surface area (TPSA) is 76.8 Å². The summed E-state index contributed by atoms with van der Waals surface area (Å²) in [7, 11) is 1.56. The second-order valence-corrected chi connectivity index (χ2v) is 4.45. The minimum Gasteiger partial charge on any atom is -0.493 e. The molecule has 5 nitrogen and oxygen atoms in total. The Morgan fingerprint density at radius 1 is 1.26 bits per heavy atom. The lowest BCUT2D eigenvalue weighted by molar-refractivity contribution is 0.419. The van der Waals surface area contributed by atoms with E-state index < -0.39 is 0 Å². The number of aromatic amines is 1. The average molecular weight is 275 g/mol. The minimum atomic E-state index is 0.447. The van der Waals surface area contributed by atoms with E-state index >= 15 is 0 Å². The van der Waals surface area contributed by atoms with Crippen LogP contribution >= 0.6 is 11.6 Å². The second-order valence-electron chi connectivity index (χ2n) is 4.05. The third kappa shape index (κ3) is 1.98. The number of nitrogen functional groups attached to an aromatic ring is 1. The van der Waals surface area contributed by atoms with Gasteiger partial charge in [-0.15, -0.1) is 0 Å². The molecule has 0 bridgehead atoms. The number of methoxy groups -OCH3 is 1. The van der Waals surface area contributed by atoms with E-state index in [0.29, 0.717) is 33.4 Å². The lowest BCUT2D eigenvalue weighted by Crippen LogP contribution is -1.87. The van der Waals surface area contributed by atoms with Crippen LogP contribution in [0.5, 0.6) is 5.75 Å². The molecular weight excluding hydrogens is 264 g/mol. The zero-order valence-electron chi connectivity index (χ0n) is 10.1. The Kier molecular flexibility index (Phi) is 2.76. The van der Waals surface area contributed by atoms with Crippen LogP contribution in [0.4, 0.5) is 5.69 Å². The van der Waals surface area contributed by atoms with E-state index in [0.717, 1.165) is 5.56 Å². The number of rotatable bonds is 2. The second kappa shape index (κ2) is 4.44. The summed E-state index contributed by atoms with van der Waals surface area (Å²) in [6.45, 7) is 0. The molecule has 2 aromatic heterocycles. The summed E-state index contributed by atoms with van der Waals surface area (Å²) in [5.74, 6) is 1.24. The van der Waals surface area contributed by atoms with Crippen LogP contribution in [-0.4, -0.2) is 22.1 Å². The first-order valence-corrected chi connectivity index (χ1v) is 6.01. The summed E-state index contributed by atoms with van der Waals surface area (Å²) in [4.78, 5) is 11.8. The third-order valence-electron chi connectivity index (χ3n) is 2.82. The van der Waals surface area contributed by atoms with Crippen molar-refractivity contribution in [3.8, 4) is 17.1 Å². The van der Waals surface area contributed by atoms with Crippen LogP contribution in [0.2, 0.25) is 5.02 Å². The highest BCUT2D eigenvalue weighted by molar-refractivity contribution is 6.32. The molecule has 0 saturated heterocycles. The highest BCUT2D eigenvalue weighted by Crippen LogP contribution is 2.32. The molecule has 0 aliphatic heterocycles. The van der Waals surface area contributed by atoms with Crippen molar-refractivity contribution in [2.24, 2.45) is 0 Å². The van der Waals surface area contributed by atoms with Gasteiger partial charge in [-0.25, -0.2) is 9.97 Å². The van der Waals surface area contributed by atoms with Gasteiger partial charge in [0.05, 0.1) is 13.3 Å². The normalized spacial score (nSPS) is 10.8. The Morgan fingerprint density at radius 3 is 2.68 bits per heavy atom. The van der Waals surface area contributed by atoms with E-state index in [1.54, 1.807) is 7.11 Å². The highest BCUT2D eigenvalue weighted by atomic mass is 35.5. The number of benzene rings is 1. The zero-order chi connectivity index (χ0) is 13.4. The molecule has 0 amide bonds. The summed E-state index contributed by atoms with van der Waals surface area (Å²) < 4.78 is 5.26. The molecule has 0 aliphatic carbocycles. The van der Waals surface area contributed by atoms with Gasteiger partial charge >= 0.3 is 0 Å². The molecule has 19 heavy (non-hydrogen) atoms. The number of nitrogens with one attached hydrogen (secondary N) is 1. The molecule has 1 aromatic carbocycles. The summed E-state index contributed by atoms with van der Waals surface area (Å²) in [6, 6.07) is 7.42. The summed E-state index contributed by atoms with van der Waals surface area (Å²) in [5.41, 5.74) is 8.54. The largest absolute Gasteiger partial charge is 0.493 e. The number of H-pyrrole nitrogens is 1. The lowest BCUT2D eigenvalue weighted by atomic mass is 10.2. The van der Waals surface area contributed by atoms with Crippen molar-refractivity contribution in [3.05, 3.63) is 35.5 Å². The standard InChI is InChI=1S/C13H11ClN4O/c1-19-11-9(14)6-16-13-10(11)17-12(18-13)7-2-4-8(15)5-3-7/h2-6H,15H2,1H3,(H,16,17,18). The van der Waals surface area contributed by atoms with Gasteiger partial charge < -0.3 is 15.5 Å². The molecule has 0 fully saturated rings. The SMILES string of the molecule is COc1c(Cl)cnc2nc(-c3ccc(N)cc3)[nH]c12. The number of pyridine rings is 1. The number of anilines is 1. The fraction of sp³-hybridized carbons (Fsp3) is 0.0769. The maximum Gasteiger partial charge on any atom is 0.182 e. The number of fused-ring (bicyclic) bond motifs is 1. The number of halogens is 1. The van der Waals surface area contributed by atoms with E-state index in [9.17, 15) is 0 Å². The van der Waals surface area contributed by atoms with E-state index in [1.807, 2.05) is 24.3 Å². The van der Waals surface area contributed by atoms with Crippen molar-refractivity contribution in [1.82, 2.24) is 15.0 Å². The number of hydrogen-bond donors (Lipinski definition) is 2. The minimum absolute atomic E-state index is 0.447. The van der Waals surface area contributed by atoms with Crippen molar-refractivity contribution in [2.45, 2.75) is 0 Å². The monoisotopic (exact) mass is 274 g/mol. The van der Waals surface area contributed by atoms with Crippen LogP contribution < -0.4 is 10.5 Å². The smallest absolute Gasteiger partial charge is 0.182 e. The maximum atomic E-state index is 6.03. The van der Waals surface area contributed by atoms with Gasteiger partial charge in [0.1, 0.15) is 16.4 Å². The first-order chi connectivity index (χ1) is 9.19. The lowest BCUT2D eigenvalue weighted by Gasteiger charge is -2.01.